The third-order valence-electron chi connectivity index (χ3n) is 2.94. The monoisotopic (exact) mass is 316 g/mol. The van der Waals surface area contributed by atoms with Gasteiger partial charge in [0, 0.05) is 24.5 Å². The molecule has 0 radical (unpaired) electrons. The zero-order chi connectivity index (χ0) is 12.3. The first-order valence-electron chi connectivity index (χ1n) is 5.87. The minimum Gasteiger partial charge on any atom is -0.342 e. The molecule has 1 aliphatic rings. The van der Waals surface area contributed by atoms with Gasteiger partial charge < -0.3 is 10.2 Å². The van der Waals surface area contributed by atoms with E-state index in [1.54, 1.807) is 11.3 Å². The van der Waals surface area contributed by atoms with Gasteiger partial charge in [-0.3, -0.25) is 4.79 Å². The minimum absolute atomic E-state index is 0.208. The highest BCUT2D eigenvalue weighted by Crippen LogP contribution is 2.25. The van der Waals surface area contributed by atoms with Crippen LogP contribution in [0.2, 0.25) is 0 Å². The Hall–Kier alpha value is -0.390. The summed E-state index contributed by atoms with van der Waals surface area (Å²) in [6, 6.07) is 4.69. The molecule has 94 valence electrons. The Morgan fingerprint density at radius 1 is 1.59 bits per heavy atom. The Labute approximate surface area is 114 Å². The summed E-state index contributed by atoms with van der Waals surface area (Å²) in [5, 5.41) is 3.21. The molecule has 1 aromatic rings. The molecule has 0 spiro atoms. The molecule has 5 heteroatoms. The number of carbonyl (C=O) groups excluding carboxylic acids is 1. The molecule has 0 saturated heterocycles. The van der Waals surface area contributed by atoms with Gasteiger partial charge in [0.25, 0.3) is 0 Å². The van der Waals surface area contributed by atoms with Crippen LogP contribution in [0, 0.1) is 0 Å². The first kappa shape index (κ1) is 13.1. The molecule has 0 bridgehead atoms. The Balaban J connectivity index is 1.61. The molecule has 2 rings (SSSR count). The van der Waals surface area contributed by atoms with Crippen LogP contribution in [0.1, 0.15) is 17.7 Å². The van der Waals surface area contributed by atoms with Gasteiger partial charge in [-0.15, -0.1) is 11.3 Å². The summed E-state index contributed by atoms with van der Waals surface area (Å²) >= 11 is 5.19. The number of thiophene rings is 1. The van der Waals surface area contributed by atoms with Crippen molar-refractivity contribution in [3.05, 3.63) is 20.8 Å². The van der Waals surface area contributed by atoms with Gasteiger partial charge >= 0.3 is 0 Å². The maximum atomic E-state index is 11.7. The van der Waals surface area contributed by atoms with Crippen molar-refractivity contribution in [2.75, 3.05) is 20.1 Å². The van der Waals surface area contributed by atoms with Crippen molar-refractivity contribution in [3.8, 4) is 0 Å². The maximum absolute atomic E-state index is 11.7. The molecule has 1 fully saturated rings. The summed E-state index contributed by atoms with van der Waals surface area (Å²) in [7, 11) is 1.90. The van der Waals surface area contributed by atoms with Gasteiger partial charge in [0.2, 0.25) is 5.91 Å². The number of halogens is 1. The van der Waals surface area contributed by atoms with Crippen molar-refractivity contribution in [2.45, 2.75) is 25.3 Å². The zero-order valence-corrected chi connectivity index (χ0v) is 12.3. The number of hydrogen-bond acceptors (Lipinski definition) is 3. The Morgan fingerprint density at radius 3 is 2.94 bits per heavy atom. The lowest BCUT2D eigenvalue weighted by Gasteiger charge is -2.16. The Bertz CT molecular complexity index is 390. The van der Waals surface area contributed by atoms with Crippen LogP contribution in [0.4, 0.5) is 0 Å². The molecule has 1 amide bonds. The molecule has 17 heavy (non-hydrogen) atoms. The number of amides is 1. The van der Waals surface area contributed by atoms with E-state index >= 15 is 0 Å². The molecule has 0 atom stereocenters. The zero-order valence-electron chi connectivity index (χ0n) is 9.91. The molecule has 0 aliphatic heterocycles. The van der Waals surface area contributed by atoms with Crippen molar-refractivity contribution in [3.63, 3.8) is 0 Å². The number of nitrogens with one attached hydrogen (secondary N) is 1. The normalized spacial score (nSPS) is 14.9. The fourth-order valence-corrected chi connectivity index (χ4v) is 3.17. The van der Waals surface area contributed by atoms with Crippen LogP contribution in [-0.2, 0) is 11.2 Å². The molecule has 1 aromatic heterocycles. The molecule has 0 unspecified atom stereocenters. The van der Waals surface area contributed by atoms with Crippen LogP contribution in [-0.4, -0.2) is 37.0 Å². The van der Waals surface area contributed by atoms with Crippen LogP contribution in [0.3, 0.4) is 0 Å². The summed E-state index contributed by atoms with van der Waals surface area (Å²) < 4.78 is 1.16. The van der Waals surface area contributed by atoms with Crippen molar-refractivity contribution in [1.29, 1.82) is 0 Å². The molecule has 1 heterocycles. The average Bonchev–Trinajstić information content (AvgIpc) is 3.07. The van der Waals surface area contributed by atoms with E-state index in [1.807, 2.05) is 11.9 Å². The molecule has 1 saturated carbocycles. The first-order chi connectivity index (χ1) is 8.16. The third kappa shape index (κ3) is 4.08. The summed E-state index contributed by atoms with van der Waals surface area (Å²) in [5.41, 5.74) is 0. The van der Waals surface area contributed by atoms with Crippen molar-refractivity contribution >= 4 is 33.2 Å². The summed E-state index contributed by atoms with van der Waals surface area (Å²) in [5.74, 6) is 0.208. The van der Waals surface area contributed by atoms with E-state index in [0.29, 0.717) is 12.6 Å². The molecular weight excluding hydrogens is 300 g/mol. The average molecular weight is 317 g/mol. The standard InChI is InChI=1S/C12H17BrN2OS/c1-15(9-2-3-9)12(16)8-14-7-6-10-4-5-11(13)17-10/h4-5,9,14H,2-3,6-8H2,1H3. The van der Waals surface area contributed by atoms with Gasteiger partial charge in [-0.25, -0.2) is 0 Å². The van der Waals surface area contributed by atoms with Gasteiger partial charge in [-0.1, -0.05) is 0 Å². The molecule has 1 aliphatic carbocycles. The van der Waals surface area contributed by atoms with E-state index < -0.39 is 0 Å². The van der Waals surface area contributed by atoms with Crippen LogP contribution >= 0.6 is 27.3 Å². The van der Waals surface area contributed by atoms with Crippen molar-refractivity contribution in [2.24, 2.45) is 0 Å². The van der Waals surface area contributed by atoms with Crippen LogP contribution in [0.25, 0.3) is 0 Å². The maximum Gasteiger partial charge on any atom is 0.236 e. The van der Waals surface area contributed by atoms with Crippen molar-refractivity contribution in [1.82, 2.24) is 10.2 Å². The summed E-state index contributed by atoms with van der Waals surface area (Å²) in [4.78, 5) is 14.9. The lowest BCUT2D eigenvalue weighted by molar-refractivity contribution is -0.129. The molecule has 3 nitrogen and oxygen atoms in total. The van der Waals surface area contributed by atoms with Gasteiger partial charge in [0.05, 0.1) is 10.3 Å². The number of carbonyl (C=O) groups is 1. The smallest absolute Gasteiger partial charge is 0.236 e. The number of likely N-dealkylation sites (N-methyl/N-ethyl adjacent to an activating group) is 1. The predicted molar refractivity (Wildman–Crippen MR) is 74.4 cm³/mol. The summed E-state index contributed by atoms with van der Waals surface area (Å²) in [6.07, 6.45) is 3.33. The van der Waals surface area contributed by atoms with E-state index in [4.69, 9.17) is 0 Å². The quantitative estimate of drug-likeness (QED) is 0.816. The fourth-order valence-electron chi connectivity index (χ4n) is 1.68. The second kappa shape index (κ2) is 5.98. The predicted octanol–water partition coefficient (Wildman–Crippen LogP) is 2.26. The highest BCUT2D eigenvalue weighted by molar-refractivity contribution is 9.11. The number of hydrogen-bond donors (Lipinski definition) is 1. The largest absolute Gasteiger partial charge is 0.342 e. The number of nitrogens with zero attached hydrogens (tertiary/aromatic N) is 1. The Kier molecular flexibility index (Phi) is 4.59. The fraction of sp³-hybridized carbons (Fsp3) is 0.583. The third-order valence-corrected chi connectivity index (χ3v) is 4.62. The lowest BCUT2D eigenvalue weighted by Crippen LogP contribution is -2.37. The van der Waals surface area contributed by atoms with E-state index in [9.17, 15) is 4.79 Å². The Morgan fingerprint density at radius 2 is 2.35 bits per heavy atom. The number of rotatable bonds is 6. The minimum atomic E-state index is 0.208. The highest BCUT2D eigenvalue weighted by Gasteiger charge is 2.28. The van der Waals surface area contributed by atoms with Gasteiger partial charge in [0.1, 0.15) is 0 Å². The second-order valence-corrected chi connectivity index (χ2v) is 6.92. The SMILES string of the molecule is CN(C(=O)CNCCc1ccc(Br)s1)C1CC1. The van der Waals surface area contributed by atoms with Gasteiger partial charge in [-0.2, -0.15) is 0 Å². The molecule has 1 N–H and O–H groups in total. The topological polar surface area (TPSA) is 32.3 Å². The molecular formula is C12H17BrN2OS. The summed E-state index contributed by atoms with van der Waals surface area (Å²) in [6.45, 7) is 1.32. The van der Waals surface area contributed by atoms with E-state index in [1.165, 1.54) is 17.7 Å². The highest BCUT2D eigenvalue weighted by atomic mass is 79.9. The van der Waals surface area contributed by atoms with E-state index in [0.717, 1.165) is 16.8 Å². The first-order valence-corrected chi connectivity index (χ1v) is 7.48. The second-order valence-electron chi connectivity index (χ2n) is 4.37. The van der Waals surface area contributed by atoms with Gasteiger partial charge in [0.15, 0.2) is 0 Å². The van der Waals surface area contributed by atoms with Gasteiger partial charge in [-0.05, 0) is 47.3 Å². The van der Waals surface area contributed by atoms with E-state index in [-0.39, 0.29) is 5.91 Å². The van der Waals surface area contributed by atoms with Crippen LogP contribution < -0.4 is 5.32 Å². The van der Waals surface area contributed by atoms with Crippen LogP contribution in [0.15, 0.2) is 15.9 Å². The molecule has 0 aromatic carbocycles. The lowest BCUT2D eigenvalue weighted by atomic mass is 10.3. The van der Waals surface area contributed by atoms with Crippen LogP contribution in [0.5, 0.6) is 0 Å². The van der Waals surface area contributed by atoms with Crippen molar-refractivity contribution < 1.29 is 4.79 Å². The van der Waals surface area contributed by atoms with E-state index in [2.05, 4.69) is 33.4 Å².